The van der Waals surface area contributed by atoms with Crippen molar-refractivity contribution in [2.24, 2.45) is 0 Å². The minimum Gasteiger partial charge on any atom is -0.481 e. The summed E-state index contributed by atoms with van der Waals surface area (Å²) in [7, 11) is 0. The van der Waals surface area contributed by atoms with Crippen LogP contribution in [0.5, 0.6) is 0 Å². The standard InChI is InChI=1S/C10H11ClO2/c1-2-9(10(12)13)7-4-3-5-8(11)6-7/h3-6,9H,2H2,1H3,(H,12,13). The molecule has 1 rings (SSSR count). The summed E-state index contributed by atoms with van der Waals surface area (Å²) in [6, 6.07) is 6.99. The van der Waals surface area contributed by atoms with Crippen LogP contribution >= 0.6 is 11.6 Å². The van der Waals surface area contributed by atoms with Gasteiger partial charge in [0.15, 0.2) is 0 Å². The highest BCUT2D eigenvalue weighted by atomic mass is 35.5. The Morgan fingerprint density at radius 2 is 2.31 bits per heavy atom. The largest absolute Gasteiger partial charge is 0.481 e. The maximum atomic E-state index is 10.8. The van der Waals surface area contributed by atoms with Crippen molar-refractivity contribution in [2.45, 2.75) is 19.3 Å². The lowest BCUT2D eigenvalue weighted by Crippen LogP contribution is -2.10. The van der Waals surface area contributed by atoms with E-state index in [1.54, 1.807) is 24.3 Å². The van der Waals surface area contributed by atoms with Gasteiger partial charge >= 0.3 is 5.97 Å². The number of benzene rings is 1. The van der Waals surface area contributed by atoms with Crippen LogP contribution in [0, 0.1) is 0 Å². The molecule has 70 valence electrons. The molecule has 0 amide bonds. The monoisotopic (exact) mass is 198 g/mol. The van der Waals surface area contributed by atoms with Gasteiger partial charge in [-0.25, -0.2) is 0 Å². The van der Waals surface area contributed by atoms with Crippen LogP contribution in [0.1, 0.15) is 24.8 Å². The molecule has 0 aliphatic heterocycles. The molecular weight excluding hydrogens is 188 g/mol. The molecule has 0 aliphatic rings. The van der Waals surface area contributed by atoms with E-state index in [1.165, 1.54) is 0 Å². The van der Waals surface area contributed by atoms with Crippen molar-refractivity contribution in [1.82, 2.24) is 0 Å². The first-order valence-corrected chi connectivity index (χ1v) is 4.51. The van der Waals surface area contributed by atoms with Crippen molar-refractivity contribution < 1.29 is 9.90 Å². The summed E-state index contributed by atoms with van der Waals surface area (Å²) in [4.78, 5) is 10.8. The summed E-state index contributed by atoms with van der Waals surface area (Å²) in [5, 5.41) is 9.46. The Balaban J connectivity index is 2.98. The van der Waals surface area contributed by atoms with E-state index < -0.39 is 11.9 Å². The van der Waals surface area contributed by atoms with Gasteiger partial charge in [0.2, 0.25) is 0 Å². The molecule has 0 spiro atoms. The van der Waals surface area contributed by atoms with Crippen LogP contribution in [-0.2, 0) is 4.79 Å². The highest BCUT2D eigenvalue weighted by Crippen LogP contribution is 2.22. The smallest absolute Gasteiger partial charge is 0.310 e. The van der Waals surface area contributed by atoms with E-state index in [4.69, 9.17) is 16.7 Å². The molecule has 1 aromatic rings. The topological polar surface area (TPSA) is 37.3 Å². The van der Waals surface area contributed by atoms with Crippen LogP contribution in [0.3, 0.4) is 0 Å². The molecule has 0 aliphatic carbocycles. The molecule has 13 heavy (non-hydrogen) atoms. The second kappa shape index (κ2) is 4.28. The van der Waals surface area contributed by atoms with E-state index in [9.17, 15) is 4.79 Å². The van der Waals surface area contributed by atoms with E-state index >= 15 is 0 Å². The fourth-order valence-electron chi connectivity index (χ4n) is 1.28. The van der Waals surface area contributed by atoms with E-state index in [2.05, 4.69) is 0 Å². The average Bonchev–Trinajstić information content (AvgIpc) is 2.04. The molecule has 0 saturated carbocycles. The van der Waals surface area contributed by atoms with Gasteiger partial charge in [0.25, 0.3) is 0 Å². The Bertz CT molecular complexity index is 310. The average molecular weight is 199 g/mol. The van der Waals surface area contributed by atoms with Crippen LogP contribution in [-0.4, -0.2) is 11.1 Å². The summed E-state index contributed by atoms with van der Waals surface area (Å²) in [5.74, 6) is -1.25. The lowest BCUT2D eigenvalue weighted by molar-refractivity contribution is -0.138. The molecule has 0 heterocycles. The SMILES string of the molecule is CCC(C(=O)O)c1cccc(Cl)c1. The Morgan fingerprint density at radius 3 is 2.77 bits per heavy atom. The Labute approximate surface area is 82.2 Å². The molecule has 0 fully saturated rings. The maximum Gasteiger partial charge on any atom is 0.310 e. The highest BCUT2D eigenvalue weighted by molar-refractivity contribution is 6.30. The lowest BCUT2D eigenvalue weighted by Gasteiger charge is -2.09. The van der Waals surface area contributed by atoms with Crippen molar-refractivity contribution in [3.8, 4) is 0 Å². The first kappa shape index (κ1) is 10.1. The maximum absolute atomic E-state index is 10.8. The zero-order valence-corrected chi connectivity index (χ0v) is 8.08. The molecule has 1 aromatic carbocycles. The molecule has 0 aromatic heterocycles. The molecule has 1 unspecified atom stereocenters. The van der Waals surface area contributed by atoms with Crippen LogP contribution in [0.15, 0.2) is 24.3 Å². The molecule has 2 nitrogen and oxygen atoms in total. The fourth-order valence-corrected chi connectivity index (χ4v) is 1.47. The van der Waals surface area contributed by atoms with Gasteiger partial charge in [-0.15, -0.1) is 0 Å². The van der Waals surface area contributed by atoms with Gasteiger partial charge < -0.3 is 5.11 Å². The minimum absolute atomic E-state index is 0.446. The molecule has 3 heteroatoms. The summed E-state index contributed by atoms with van der Waals surface area (Å²) < 4.78 is 0. The van der Waals surface area contributed by atoms with Crippen LogP contribution in [0.2, 0.25) is 5.02 Å². The zero-order valence-electron chi connectivity index (χ0n) is 7.33. The predicted octanol–water partition coefficient (Wildman–Crippen LogP) is 2.92. The summed E-state index contributed by atoms with van der Waals surface area (Å²) in [5.41, 5.74) is 0.766. The van der Waals surface area contributed by atoms with Crippen molar-refractivity contribution in [3.63, 3.8) is 0 Å². The number of rotatable bonds is 3. The highest BCUT2D eigenvalue weighted by Gasteiger charge is 2.16. The van der Waals surface area contributed by atoms with Gasteiger partial charge in [-0.1, -0.05) is 30.7 Å². The Kier molecular flexibility index (Phi) is 3.32. The quantitative estimate of drug-likeness (QED) is 0.811. The zero-order chi connectivity index (χ0) is 9.84. The van der Waals surface area contributed by atoms with Crippen molar-refractivity contribution in [3.05, 3.63) is 34.9 Å². The number of hydrogen-bond acceptors (Lipinski definition) is 1. The first-order valence-electron chi connectivity index (χ1n) is 4.13. The number of halogens is 1. The minimum atomic E-state index is -0.801. The first-order chi connectivity index (χ1) is 6.15. The summed E-state index contributed by atoms with van der Waals surface area (Å²) >= 11 is 5.76. The predicted molar refractivity (Wildman–Crippen MR) is 52.1 cm³/mol. The van der Waals surface area contributed by atoms with E-state index in [1.807, 2.05) is 6.92 Å². The molecule has 0 radical (unpaired) electrons. The van der Waals surface area contributed by atoms with E-state index in [0.717, 1.165) is 5.56 Å². The molecule has 1 N–H and O–H groups in total. The third-order valence-electron chi connectivity index (χ3n) is 1.96. The third-order valence-corrected chi connectivity index (χ3v) is 2.19. The van der Waals surface area contributed by atoms with Gasteiger partial charge in [-0.2, -0.15) is 0 Å². The van der Waals surface area contributed by atoms with E-state index in [0.29, 0.717) is 11.4 Å². The van der Waals surface area contributed by atoms with Crippen molar-refractivity contribution >= 4 is 17.6 Å². The lowest BCUT2D eigenvalue weighted by atomic mass is 9.97. The van der Waals surface area contributed by atoms with Crippen LogP contribution < -0.4 is 0 Å². The third kappa shape index (κ3) is 2.46. The Hall–Kier alpha value is -1.02. The summed E-state index contributed by atoms with van der Waals surface area (Å²) in [6.07, 6.45) is 0.579. The van der Waals surface area contributed by atoms with Gasteiger partial charge in [0, 0.05) is 5.02 Å². The van der Waals surface area contributed by atoms with Gasteiger partial charge in [-0.05, 0) is 24.1 Å². The molecular formula is C10H11ClO2. The van der Waals surface area contributed by atoms with Crippen molar-refractivity contribution in [2.75, 3.05) is 0 Å². The van der Waals surface area contributed by atoms with Crippen molar-refractivity contribution in [1.29, 1.82) is 0 Å². The molecule has 1 atom stereocenters. The number of carboxylic acids is 1. The number of carboxylic acid groups (broad SMARTS) is 1. The van der Waals surface area contributed by atoms with Gasteiger partial charge in [0.1, 0.15) is 0 Å². The number of hydrogen-bond donors (Lipinski definition) is 1. The summed E-state index contributed by atoms with van der Waals surface area (Å²) in [6.45, 7) is 1.85. The normalized spacial score (nSPS) is 12.5. The number of carbonyl (C=O) groups is 1. The second-order valence-corrected chi connectivity index (χ2v) is 3.29. The second-order valence-electron chi connectivity index (χ2n) is 2.85. The number of aliphatic carboxylic acids is 1. The van der Waals surface area contributed by atoms with Crippen LogP contribution in [0.25, 0.3) is 0 Å². The van der Waals surface area contributed by atoms with E-state index in [-0.39, 0.29) is 0 Å². The van der Waals surface area contributed by atoms with Gasteiger partial charge in [0.05, 0.1) is 5.92 Å². The molecule has 0 bridgehead atoms. The molecule has 0 saturated heterocycles. The fraction of sp³-hybridized carbons (Fsp3) is 0.300. The Morgan fingerprint density at radius 1 is 1.62 bits per heavy atom. The van der Waals surface area contributed by atoms with Crippen LogP contribution in [0.4, 0.5) is 0 Å². The van der Waals surface area contributed by atoms with Gasteiger partial charge in [-0.3, -0.25) is 4.79 Å².